The Balaban J connectivity index is 1.39. The van der Waals surface area contributed by atoms with Gasteiger partial charge < -0.3 is 15.1 Å². The van der Waals surface area contributed by atoms with Crippen molar-refractivity contribution in [3.8, 4) is 0 Å². The second-order valence-corrected chi connectivity index (χ2v) is 10.8. The first-order chi connectivity index (χ1) is 15.1. The lowest BCUT2D eigenvalue weighted by molar-refractivity contribution is -0.130. The van der Waals surface area contributed by atoms with E-state index in [1.54, 1.807) is 17.3 Å². The monoisotopic (exact) mass is 529 g/mol. The molecule has 1 aromatic carbocycles. The summed E-state index contributed by atoms with van der Waals surface area (Å²) < 4.78 is 52.3. The lowest BCUT2D eigenvalue weighted by atomic mass is 10.0. The van der Waals surface area contributed by atoms with E-state index in [0.717, 1.165) is 44.1 Å². The number of hydrogen-bond donors (Lipinski definition) is 1. The van der Waals surface area contributed by atoms with Crippen molar-refractivity contribution >= 4 is 43.2 Å². The van der Waals surface area contributed by atoms with Crippen LogP contribution >= 0.6 is 15.9 Å². The highest BCUT2D eigenvalue weighted by atomic mass is 79.9. The number of likely N-dealkylation sites (tertiary alicyclic amines) is 1. The Morgan fingerprint density at radius 2 is 1.78 bits per heavy atom. The number of nitrogens with zero attached hydrogens (tertiary/aromatic N) is 4. The van der Waals surface area contributed by atoms with Gasteiger partial charge in [0, 0.05) is 38.0 Å². The molecule has 8 nitrogen and oxygen atoms in total. The number of sulfone groups is 1. The van der Waals surface area contributed by atoms with Crippen molar-refractivity contribution in [2.45, 2.75) is 36.2 Å². The fourth-order valence-corrected chi connectivity index (χ4v) is 5.12. The van der Waals surface area contributed by atoms with Crippen LogP contribution in [0.4, 0.5) is 20.3 Å². The zero-order chi connectivity index (χ0) is 23.0. The van der Waals surface area contributed by atoms with Crippen LogP contribution < -0.4 is 10.2 Å². The molecule has 32 heavy (non-hydrogen) atoms. The number of aromatic nitrogens is 2. The van der Waals surface area contributed by atoms with E-state index in [9.17, 15) is 22.0 Å². The molecular weight excluding hydrogens is 508 g/mol. The van der Waals surface area contributed by atoms with Crippen molar-refractivity contribution in [2.24, 2.45) is 0 Å². The van der Waals surface area contributed by atoms with Gasteiger partial charge in [-0.15, -0.1) is 0 Å². The molecule has 0 saturated carbocycles. The quantitative estimate of drug-likeness (QED) is 0.635. The molecule has 1 N–H and O–H groups in total. The van der Waals surface area contributed by atoms with Crippen LogP contribution in [0, 0.1) is 11.6 Å². The number of hydrogen-bond acceptors (Lipinski definition) is 7. The highest BCUT2D eigenvalue weighted by Gasteiger charge is 2.37. The number of piperidine rings is 1. The van der Waals surface area contributed by atoms with E-state index >= 15 is 0 Å². The highest BCUT2D eigenvalue weighted by molar-refractivity contribution is 9.10. The second-order valence-electron chi connectivity index (χ2n) is 7.97. The molecule has 0 aliphatic carbocycles. The Morgan fingerprint density at radius 3 is 2.41 bits per heavy atom. The fraction of sp³-hybridized carbons (Fsp3) is 0.450. The number of anilines is 2. The molecule has 4 rings (SSSR count). The van der Waals surface area contributed by atoms with E-state index < -0.39 is 32.4 Å². The van der Waals surface area contributed by atoms with Crippen molar-refractivity contribution < 1.29 is 22.0 Å². The van der Waals surface area contributed by atoms with Crippen molar-refractivity contribution in [2.75, 3.05) is 36.1 Å². The van der Waals surface area contributed by atoms with E-state index in [1.165, 1.54) is 0 Å². The topological polar surface area (TPSA) is 95.5 Å². The van der Waals surface area contributed by atoms with Gasteiger partial charge in [0.25, 0.3) is 0 Å². The summed E-state index contributed by atoms with van der Waals surface area (Å²) in [4.78, 5) is 24.7. The van der Waals surface area contributed by atoms with Gasteiger partial charge in [-0.2, -0.15) is 0 Å². The number of rotatable bonds is 5. The van der Waals surface area contributed by atoms with Gasteiger partial charge in [0.2, 0.25) is 5.91 Å². The van der Waals surface area contributed by atoms with Crippen molar-refractivity contribution in [3.63, 3.8) is 0 Å². The number of benzene rings is 1. The molecule has 0 radical (unpaired) electrons. The van der Waals surface area contributed by atoms with Crippen LogP contribution in [0.1, 0.15) is 19.3 Å². The molecule has 2 aromatic rings. The van der Waals surface area contributed by atoms with Crippen LogP contribution in [0.15, 0.2) is 34.0 Å². The normalized spacial score (nSPS) is 20.1. The minimum Gasteiger partial charge on any atom is -0.371 e. The van der Waals surface area contributed by atoms with Gasteiger partial charge >= 0.3 is 0 Å². The molecule has 1 unspecified atom stereocenters. The molecule has 1 amide bonds. The van der Waals surface area contributed by atoms with Crippen LogP contribution in [0.3, 0.4) is 0 Å². The third-order valence-electron chi connectivity index (χ3n) is 5.83. The van der Waals surface area contributed by atoms with E-state index in [4.69, 9.17) is 0 Å². The Kier molecular flexibility index (Phi) is 6.35. The van der Waals surface area contributed by atoms with Gasteiger partial charge in [-0.3, -0.25) is 4.79 Å². The Morgan fingerprint density at radius 1 is 1.06 bits per heavy atom. The summed E-state index contributed by atoms with van der Waals surface area (Å²) >= 11 is 3.27. The van der Waals surface area contributed by atoms with Crippen LogP contribution in [-0.2, 0) is 14.6 Å². The molecular formula is C20H22BrF2N5O3S. The first kappa shape index (κ1) is 22.8. The number of nitrogens with one attached hydrogen (secondary N) is 1. The van der Waals surface area contributed by atoms with E-state index in [2.05, 4.69) is 36.1 Å². The molecule has 3 heterocycles. The van der Waals surface area contributed by atoms with E-state index in [-0.39, 0.29) is 17.6 Å². The van der Waals surface area contributed by atoms with Gasteiger partial charge in [0.15, 0.2) is 9.84 Å². The third-order valence-corrected chi connectivity index (χ3v) is 7.35. The minimum absolute atomic E-state index is 0.0585. The number of amides is 1. The SMILES string of the molecule is CS(=O)(=O)c1cc(F)c(NC2CCN(C3CCN(c4cnc(Br)cn4)CC3)C2=O)cc1F. The average molecular weight is 530 g/mol. The zero-order valence-electron chi connectivity index (χ0n) is 17.3. The van der Waals surface area contributed by atoms with Crippen LogP contribution in [0.2, 0.25) is 0 Å². The molecule has 0 bridgehead atoms. The Bertz CT molecular complexity index is 1120. The van der Waals surface area contributed by atoms with Gasteiger partial charge in [-0.1, -0.05) is 0 Å². The molecule has 2 aliphatic heterocycles. The lowest BCUT2D eigenvalue weighted by Crippen LogP contribution is -2.47. The Hall–Kier alpha value is -2.34. The largest absolute Gasteiger partial charge is 0.371 e. The molecule has 2 fully saturated rings. The zero-order valence-corrected chi connectivity index (χ0v) is 19.7. The molecule has 1 aromatic heterocycles. The number of carbonyl (C=O) groups is 1. The van der Waals surface area contributed by atoms with Crippen molar-refractivity contribution in [3.05, 3.63) is 40.8 Å². The van der Waals surface area contributed by atoms with Gasteiger partial charge in [0.1, 0.15) is 33.0 Å². The average Bonchev–Trinajstić information content (AvgIpc) is 3.10. The first-order valence-electron chi connectivity index (χ1n) is 10.1. The number of halogens is 3. The van der Waals surface area contributed by atoms with Crippen LogP contribution in [0.25, 0.3) is 0 Å². The smallest absolute Gasteiger partial charge is 0.245 e. The predicted molar refractivity (Wildman–Crippen MR) is 118 cm³/mol. The van der Waals surface area contributed by atoms with E-state index in [0.29, 0.717) is 23.6 Å². The molecule has 2 saturated heterocycles. The molecule has 172 valence electrons. The summed E-state index contributed by atoms with van der Waals surface area (Å²) in [5.41, 5.74) is -0.223. The van der Waals surface area contributed by atoms with E-state index in [1.807, 2.05) is 0 Å². The number of carbonyl (C=O) groups excluding carboxylic acids is 1. The van der Waals surface area contributed by atoms with Crippen molar-refractivity contribution in [1.29, 1.82) is 0 Å². The lowest BCUT2D eigenvalue weighted by Gasteiger charge is -2.37. The second kappa shape index (κ2) is 8.89. The summed E-state index contributed by atoms with van der Waals surface area (Å²) in [6.45, 7) is 1.98. The summed E-state index contributed by atoms with van der Waals surface area (Å²) in [5, 5.41) is 2.75. The molecule has 1 atom stereocenters. The summed E-state index contributed by atoms with van der Waals surface area (Å²) in [5.74, 6) is -1.35. The highest BCUT2D eigenvalue weighted by Crippen LogP contribution is 2.28. The summed E-state index contributed by atoms with van der Waals surface area (Å²) in [6, 6.07) is 0.802. The van der Waals surface area contributed by atoms with Gasteiger partial charge in [0.05, 0.1) is 18.1 Å². The Labute approximate surface area is 193 Å². The van der Waals surface area contributed by atoms with Crippen molar-refractivity contribution in [1.82, 2.24) is 14.9 Å². The molecule has 2 aliphatic rings. The maximum absolute atomic E-state index is 14.4. The first-order valence-corrected chi connectivity index (χ1v) is 12.8. The maximum atomic E-state index is 14.4. The maximum Gasteiger partial charge on any atom is 0.245 e. The van der Waals surface area contributed by atoms with Crippen LogP contribution in [-0.4, -0.2) is 67.2 Å². The van der Waals surface area contributed by atoms with Gasteiger partial charge in [-0.05, 0) is 41.3 Å². The van der Waals surface area contributed by atoms with Gasteiger partial charge in [-0.25, -0.2) is 27.2 Å². The minimum atomic E-state index is -3.89. The summed E-state index contributed by atoms with van der Waals surface area (Å²) in [7, 11) is -3.89. The standard InChI is InChI=1S/C20H22BrF2N5O3S/c1-32(30,31)17-9-13(22)16(8-14(17)23)26-15-4-7-28(20(15)29)12-2-5-27(6-3-12)19-11-24-18(21)10-25-19/h8-12,15,26H,2-7H2,1H3. The predicted octanol–water partition coefficient (Wildman–Crippen LogP) is 2.60. The fourth-order valence-electron chi connectivity index (χ4n) is 4.18. The summed E-state index contributed by atoms with van der Waals surface area (Å²) in [6.07, 6.45) is 6.14. The molecule has 0 spiro atoms. The van der Waals surface area contributed by atoms with Crippen LogP contribution in [0.5, 0.6) is 0 Å². The molecule has 12 heteroatoms. The third kappa shape index (κ3) is 4.70.